The van der Waals surface area contributed by atoms with Crippen molar-refractivity contribution in [3.8, 4) is 11.5 Å². The van der Waals surface area contributed by atoms with Crippen LogP contribution in [0.1, 0.15) is 41.8 Å². The summed E-state index contributed by atoms with van der Waals surface area (Å²) in [7, 11) is 3.15. The molecule has 0 saturated heterocycles. The van der Waals surface area contributed by atoms with Crippen LogP contribution in [0.25, 0.3) is 0 Å². The minimum Gasteiger partial charge on any atom is -0.493 e. The van der Waals surface area contributed by atoms with Crippen molar-refractivity contribution in [1.82, 2.24) is 10.6 Å². The number of nitrogens with one attached hydrogen (secondary N) is 2. The zero-order chi connectivity index (χ0) is 21.4. The maximum absolute atomic E-state index is 12.8. The van der Waals surface area contributed by atoms with Crippen molar-refractivity contribution < 1.29 is 19.1 Å². The molecule has 0 fully saturated rings. The number of hydrogen-bond donors (Lipinski definition) is 2. The molecule has 156 valence electrons. The van der Waals surface area contributed by atoms with Crippen molar-refractivity contribution in [2.75, 3.05) is 14.2 Å². The number of carbonyl (C=O) groups is 2. The van der Waals surface area contributed by atoms with Crippen LogP contribution in [0.15, 0.2) is 42.5 Å². The average Bonchev–Trinajstić information content (AvgIpc) is 2.71. The predicted octanol–water partition coefficient (Wildman–Crippen LogP) is 3.47. The highest BCUT2D eigenvalue weighted by Crippen LogP contribution is 2.27. The van der Waals surface area contributed by atoms with Crippen LogP contribution in [0.4, 0.5) is 0 Å². The number of carbonyl (C=O) groups excluding carboxylic acids is 2. The molecule has 29 heavy (non-hydrogen) atoms. The van der Waals surface area contributed by atoms with Crippen LogP contribution in [0.3, 0.4) is 0 Å². The smallest absolute Gasteiger partial charge is 0.252 e. The molecule has 2 rings (SSSR count). The Morgan fingerprint density at radius 3 is 2.31 bits per heavy atom. The zero-order valence-electron chi connectivity index (χ0n) is 17.7. The van der Waals surface area contributed by atoms with Gasteiger partial charge in [-0.25, -0.2) is 0 Å². The normalized spacial score (nSPS) is 11.7. The van der Waals surface area contributed by atoms with Gasteiger partial charge >= 0.3 is 0 Å². The second-order valence-corrected chi connectivity index (χ2v) is 7.38. The maximum Gasteiger partial charge on any atom is 0.252 e. The van der Waals surface area contributed by atoms with Gasteiger partial charge in [0.05, 0.1) is 14.2 Å². The van der Waals surface area contributed by atoms with Gasteiger partial charge < -0.3 is 20.1 Å². The number of ether oxygens (including phenoxy) is 2. The first-order valence-corrected chi connectivity index (χ1v) is 9.70. The van der Waals surface area contributed by atoms with Gasteiger partial charge in [-0.1, -0.05) is 38.1 Å². The fraction of sp³-hybridized carbons (Fsp3) is 0.391. The summed E-state index contributed by atoms with van der Waals surface area (Å²) in [6.45, 7) is 6.25. The molecule has 2 amide bonds. The van der Waals surface area contributed by atoms with E-state index in [1.807, 2.05) is 51.1 Å². The molecule has 6 nitrogen and oxygen atoms in total. The minimum atomic E-state index is -0.609. The summed E-state index contributed by atoms with van der Waals surface area (Å²) in [5.74, 6) is 1.03. The zero-order valence-corrected chi connectivity index (χ0v) is 17.7. The molecular formula is C23H30N2O4. The average molecular weight is 399 g/mol. The van der Waals surface area contributed by atoms with Crippen molar-refractivity contribution >= 4 is 11.8 Å². The van der Waals surface area contributed by atoms with Crippen LogP contribution in [-0.2, 0) is 11.3 Å². The van der Waals surface area contributed by atoms with Gasteiger partial charge in [0, 0.05) is 12.1 Å². The number of aryl methyl sites for hydroxylation is 1. The minimum absolute atomic E-state index is 0.213. The third-order valence-corrected chi connectivity index (χ3v) is 4.63. The molecule has 0 radical (unpaired) electrons. The van der Waals surface area contributed by atoms with Crippen molar-refractivity contribution in [3.63, 3.8) is 0 Å². The lowest BCUT2D eigenvalue weighted by atomic mass is 10.0. The van der Waals surface area contributed by atoms with Gasteiger partial charge in [-0.2, -0.15) is 0 Å². The Morgan fingerprint density at radius 2 is 1.69 bits per heavy atom. The third-order valence-electron chi connectivity index (χ3n) is 4.63. The summed E-state index contributed by atoms with van der Waals surface area (Å²) in [6, 6.07) is 12.2. The molecule has 0 spiro atoms. The molecule has 0 aliphatic rings. The summed E-state index contributed by atoms with van der Waals surface area (Å²) < 4.78 is 10.5. The van der Waals surface area contributed by atoms with Gasteiger partial charge in [-0.15, -0.1) is 0 Å². The van der Waals surface area contributed by atoms with Crippen LogP contribution in [-0.4, -0.2) is 32.1 Å². The van der Waals surface area contributed by atoms with Gasteiger partial charge in [0.15, 0.2) is 11.5 Å². The van der Waals surface area contributed by atoms with Crippen LogP contribution >= 0.6 is 0 Å². The molecule has 2 N–H and O–H groups in total. The van der Waals surface area contributed by atoms with E-state index in [1.54, 1.807) is 26.4 Å². The Bertz CT molecular complexity index is 849. The lowest BCUT2D eigenvalue weighted by Crippen LogP contribution is -2.47. The molecular weight excluding hydrogens is 368 g/mol. The standard InChI is InChI=1S/C23H30N2O4/c1-15(2)12-19(25-22(26)18-9-7-6-8-16(18)3)23(27)24-14-17-10-11-20(28-4)21(13-17)29-5/h6-11,13,15,19H,12,14H2,1-5H3,(H,24,27)(H,25,26)/t19-/m0/s1. The third kappa shape index (κ3) is 6.24. The Kier molecular flexibility index (Phi) is 8.07. The van der Waals surface area contributed by atoms with Crippen LogP contribution < -0.4 is 20.1 Å². The second kappa shape index (κ2) is 10.5. The summed E-state index contributed by atoms with van der Waals surface area (Å²) in [6.07, 6.45) is 0.551. The monoisotopic (exact) mass is 398 g/mol. The molecule has 0 aliphatic heterocycles. The van der Waals surface area contributed by atoms with Crippen molar-refractivity contribution in [1.29, 1.82) is 0 Å². The van der Waals surface area contributed by atoms with Gasteiger partial charge in [-0.3, -0.25) is 9.59 Å². The maximum atomic E-state index is 12.8. The molecule has 2 aromatic carbocycles. The molecule has 0 unspecified atom stereocenters. The Labute approximate surface area is 172 Å². The number of benzene rings is 2. The van der Waals surface area contributed by atoms with E-state index < -0.39 is 6.04 Å². The summed E-state index contributed by atoms with van der Waals surface area (Å²) >= 11 is 0. The molecule has 0 saturated carbocycles. The van der Waals surface area contributed by atoms with E-state index in [0.717, 1.165) is 11.1 Å². The molecule has 6 heteroatoms. The van der Waals surface area contributed by atoms with Gasteiger partial charge in [-0.05, 0) is 48.6 Å². The van der Waals surface area contributed by atoms with Crippen molar-refractivity contribution in [3.05, 3.63) is 59.2 Å². The fourth-order valence-corrected chi connectivity index (χ4v) is 3.07. The van der Waals surface area contributed by atoms with Gasteiger partial charge in [0.2, 0.25) is 5.91 Å². The molecule has 0 aliphatic carbocycles. The van der Waals surface area contributed by atoms with Crippen LogP contribution in [0.2, 0.25) is 0 Å². The predicted molar refractivity (Wildman–Crippen MR) is 113 cm³/mol. The Balaban J connectivity index is 2.07. The number of hydrogen-bond acceptors (Lipinski definition) is 4. The summed E-state index contributed by atoms with van der Waals surface area (Å²) in [5, 5.41) is 5.80. The van der Waals surface area contributed by atoms with E-state index in [4.69, 9.17) is 9.47 Å². The largest absolute Gasteiger partial charge is 0.493 e. The van der Waals surface area contributed by atoms with Crippen molar-refractivity contribution in [2.24, 2.45) is 5.92 Å². The number of amides is 2. The molecule has 0 aromatic heterocycles. The van der Waals surface area contributed by atoms with Crippen LogP contribution in [0.5, 0.6) is 11.5 Å². The fourth-order valence-electron chi connectivity index (χ4n) is 3.07. The van der Waals surface area contributed by atoms with E-state index in [0.29, 0.717) is 30.0 Å². The highest BCUT2D eigenvalue weighted by Gasteiger charge is 2.23. The lowest BCUT2D eigenvalue weighted by Gasteiger charge is -2.21. The molecule has 0 heterocycles. The van der Waals surface area contributed by atoms with Gasteiger partial charge in [0.1, 0.15) is 6.04 Å². The van der Waals surface area contributed by atoms with E-state index >= 15 is 0 Å². The Hall–Kier alpha value is -3.02. The van der Waals surface area contributed by atoms with E-state index in [-0.39, 0.29) is 17.7 Å². The van der Waals surface area contributed by atoms with Crippen LogP contribution in [0, 0.1) is 12.8 Å². The molecule has 1 atom stereocenters. The summed E-state index contributed by atoms with van der Waals surface area (Å²) in [4.78, 5) is 25.5. The Morgan fingerprint density at radius 1 is 1.00 bits per heavy atom. The molecule has 0 bridgehead atoms. The topological polar surface area (TPSA) is 76.7 Å². The first kappa shape index (κ1) is 22.3. The van der Waals surface area contributed by atoms with E-state index in [9.17, 15) is 9.59 Å². The van der Waals surface area contributed by atoms with E-state index in [2.05, 4.69) is 10.6 Å². The highest BCUT2D eigenvalue weighted by atomic mass is 16.5. The highest BCUT2D eigenvalue weighted by molar-refractivity contribution is 5.98. The second-order valence-electron chi connectivity index (χ2n) is 7.38. The summed E-state index contributed by atoms with van der Waals surface area (Å²) in [5.41, 5.74) is 2.33. The first-order valence-electron chi connectivity index (χ1n) is 9.70. The SMILES string of the molecule is COc1ccc(CNC(=O)[C@H](CC(C)C)NC(=O)c2ccccc2C)cc1OC. The molecule has 2 aromatic rings. The lowest BCUT2D eigenvalue weighted by molar-refractivity contribution is -0.123. The van der Waals surface area contributed by atoms with E-state index in [1.165, 1.54) is 0 Å². The number of methoxy groups -OCH3 is 2. The van der Waals surface area contributed by atoms with Crippen molar-refractivity contribution in [2.45, 2.75) is 39.8 Å². The number of rotatable bonds is 9. The van der Waals surface area contributed by atoms with Gasteiger partial charge in [0.25, 0.3) is 5.91 Å². The first-order chi connectivity index (χ1) is 13.8. The quantitative estimate of drug-likeness (QED) is 0.678.